The van der Waals surface area contributed by atoms with Crippen molar-refractivity contribution in [3.63, 3.8) is 0 Å². The quantitative estimate of drug-likeness (QED) is 0.676. The van der Waals surface area contributed by atoms with Gasteiger partial charge in [0.05, 0.1) is 12.3 Å². The third kappa shape index (κ3) is 4.09. The van der Waals surface area contributed by atoms with Crippen molar-refractivity contribution in [2.75, 3.05) is 20.3 Å². The minimum Gasteiger partial charge on any atom is -0.383 e. The van der Waals surface area contributed by atoms with Gasteiger partial charge in [0.15, 0.2) is 5.82 Å². The molecule has 2 aromatic carbocycles. The Morgan fingerprint density at radius 2 is 1.85 bits per heavy atom. The monoisotopic (exact) mass is 370 g/mol. The van der Waals surface area contributed by atoms with Crippen LogP contribution in [0.2, 0.25) is 5.02 Å². The molecule has 1 N–H and O–H groups in total. The first-order chi connectivity index (χ1) is 12.6. The fourth-order valence-corrected chi connectivity index (χ4v) is 2.53. The lowest BCUT2D eigenvalue weighted by atomic mass is 10.2. The van der Waals surface area contributed by atoms with Gasteiger partial charge in [0.1, 0.15) is 0 Å². The molecule has 0 atom stereocenters. The molecule has 0 saturated heterocycles. The Labute approximate surface area is 156 Å². The number of nitrogens with zero attached hydrogens (tertiary/aromatic N) is 3. The first kappa shape index (κ1) is 18.1. The molecule has 0 aliphatic rings. The number of amides is 1. The summed E-state index contributed by atoms with van der Waals surface area (Å²) >= 11 is 5.98. The topological polar surface area (TPSA) is 69.0 Å². The minimum atomic E-state index is -0.344. The van der Waals surface area contributed by atoms with Gasteiger partial charge in [-0.3, -0.25) is 4.79 Å². The summed E-state index contributed by atoms with van der Waals surface area (Å²) in [5.74, 6) is 0.331. The van der Waals surface area contributed by atoms with Crippen molar-refractivity contribution in [3.8, 4) is 17.1 Å². The number of hydrogen-bond donors (Lipinski definition) is 1. The number of carbonyl (C=O) groups excluding carboxylic acids is 1. The Balaban J connectivity index is 2.01. The number of carbonyl (C=O) groups is 1. The van der Waals surface area contributed by atoms with Crippen molar-refractivity contribution < 1.29 is 9.53 Å². The highest BCUT2D eigenvalue weighted by molar-refractivity contribution is 6.30. The largest absolute Gasteiger partial charge is 0.383 e. The fraction of sp³-hybridized carbons (Fsp3) is 0.211. The SMILES string of the molecule is COCCNC(=O)c1nc(-c2ccc(Cl)cc2)n(-c2ccc(C)cc2)n1. The average Bonchev–Trinajstić information content (AvgIpc) is 3.08. The fourth-order valence-electron chi connectivity index (χ4n) is 2.41. The van der Waals surface area contributed by atoms with Crippen LogP contribution >= 0.6 is 11.6 Å². The molecule has 0 unspecified atom stereocenters. The van der Waals surface area contributed by atoms with Crippen LogP contribution in [0.3, 0.4) is 0 Å². The van der Waals surface area contributed by atoms with E-state index < -0.39 is 0 Å². The summed E-state index contributed by atoms with van der Waals surface area (Å²) < 4.78 is 6.61. The Morgan fingerprint density at radius 1 is 1.15 bits per heavy atom. The number of rotatable bonds is 6. The molecule has 0 aliphatic heterocycles. The zero-order chi connectivity index (χ0) is 18.5. The second-order valence-corrected chi connectivity index (χ2v) is 6.20. The van der Waals surface area contributed by atoms with Crippen LogP contribution in [0.25, 0.3) is 17.1 Å². The lowest BCUT2D eigenvalue weighted by molar-refractivity contribution is 0.0927. The van der Waals surface area contributed by atoms with Gasteiger partial charge in [-0.05, 0) is 43.3 Å². The molecule has 134 valence electrons. The lowest BCUT2D eigenvalue weighted by Crippen LogP contribution is -2.28. The highest BCUT2D eigenvalue weighted by atomic mass is 35.5. The van der Waals surface area contributed by atoms with Crippen LogP contribution in [0.15, 0.2) is 48.5 Å². The Morgan fingerprint density at radius 3 is 2.50 bits per heavy atom. The molecule has 7 heteroatoms. The molecule has 3 aromatic rings. The summed E-state index contributed by atoms with van der Waals surface area (Å²) in [6.45, 7) is 2.83. The molecule has 0 fully saturated rings. The van der Waals surface area contributed by atoms with Crippen molar-refractivity contribution in [3.05, 3.63) is 64.9 Å². The number of aryl methyl sites for hydroxylation is 1. The molecule has 1 amide bonds. The van der Waals surface area contributed by atoms with Gasteiger partial charge in [-0.15, -0.1) is 5.10 Å². The van der Waals surface area contributed by atoms with Crippen molar-refractivity contribution in [1.29, 1.82) is 0 Å². The second-order valence-electron chi connectivity index (χ2n) is 5.76. The summed E-state index contributed by atoms with van der Waals surface area (Å²) in [6.07, 6.45) is 0. The van der Waals surface area contributed by atoms with Gasteiger partial charge >= 0.3 is 0 Å². The maximum absolute atomic E-state index is 12.3. The van der Waals surface area contributed by atoms with Gasteiger partial charge in [0.2, 0.25) is 5.82 Å². The molecule has 3 rings (SSSR count). The van der Waals surface area contributed by atoms with Crippen LogP contribution in [0.5, 0.6) is 0 Å². The van der Waals surface area contributed by atoms with Gasteiger partial charge in [-0.2, -0.15) is 0 Å². The van der Waals surface area contributed by atoms with Gasteiger partial charge in [-0.25, -0.2) is 9.67 Å². The third-order valence-corrected chi connectivity index (χ3v) is 4.03. The zero-order valence-corrected chi connectivity index (χ0v) is 15.3. The maximum atomic E-state index is 12.3. The number of aromatic nitrogens is 3. The number of halogens is 1. The Hall–Kier alpha value is -2.70. The molecule has 26 heavy (non-hydrogen) atoms. The molecule has 0 bridgehead atoms. The summed E-state index contributed by atoms with van der Waals surface area (Å²) in [5.41, 5.74) is 2.78. The van der Waals surface area contributed by atoms with Crippen LogP contribution in [-0.2, 0) is 4.74 Å². The Bertz CT molecular complexity index is 826. The van der Waals surface area contributed by atoms with Crippen LogP contribution < -0.4 is 5.32 Å². The van der Waals surface area contributed by atoms with E-state index in [2.05, 4.69) is 15.4 Å². The molecule has 0 saturated carbocycles. The molecule has 0 aliphatic carbocycles. The van der Waals surface area contributed by atoms with E-state index in [1.165, 1.54) is 0 Å². The van der Waals surface area contributed by atoms with Crippen LogP contribution in [0.1, 0.15) is 16.2 Å². The molecule has 1 heterocycles. The van der Waals surface area contributed by atoms with Crippen molar-refractivity contribution in [2.45, 2.75) is 6.92 Å². The van der Waals surface area contributed by atoms with Gasteiger partial charge in [-0.1, -0.05) is 29.3 Å². The molecule has 6 nitrogen and oxygen atoms in total. The molecule has 0 radical (unpaired) electrons. The molecule has 0 spiro atoms. The lowest BCUT2D eigenvalue weighted by Gasteiger charge is -2.06. The number of ether oxygens (including phenoxy) is 1. The summed E-state index contributed by atoms with van der Waals surface area (Å²) in [6, 6.07) is 15.1. The molecule has 1 aromatic heterocycles. The van der Waals surface area contributed by atoms with Crippen molar-refractivity contribution >= 4 is 17.5 Å². The van der Waals surface area contributed by atoms with Gasteiger partial charge in [0.25, 0.3) is 5.91 Å². The van der Waals surface area contributed by atoms with E-state index >= 15 is 0 Å². The highest BCUT2D eigenvalue weighted by Crippen LogP contribution is 2.23. The van der Waals surface area contributed by atoms with E-state index in [-0.39, 0.29) is 11.7 Å². The van der Waals surface area contributed by atoms with Crippen molar-refractivity contribution in [2.24, 2.45) is 0 Å². The Kier molecular flexibility index (Phi) is 5.65. The second kappa shape index (κ2) is 8.12. The zero-order valence-electron chi connectivity index (χ0n) is 14.6. The van der Waals surface area contributed by atoms with Crippen LogP contribution in [0, 0.1) is 6.92 Å². The molecular formula is C19H19ClN4O2. The standard InChI is InChI=1S/C19H19ClN4O2/c1-13-3-9-16(10-4-13)24-18(14-5-7-15(20)8-6-14)22-17(23-24)19(25)21-11-12-26-2/h3-10H,11-12H2,1-2H3,(H,21,25). The first-order valence-corrected chi connectivity index (χ1v) is 8.53. The normalized spacial score (nSPS) is 10.7. The van der Waals surface area contributed by atoms with Gasteiger partial charge < -0.3 is 10.1 Å². The van der Waals surface area contributed by atoms with Crippen molar-refractivity contribution in [1.82, 2.24) is 20.1 Å². The first-order valence-electron chi connectivity index (χ1n) is 8.15. The summed E-state index contributed by atoms with van der Waals surface area (Å²) in [7, 11) is 1.58. The van der Waals surface area contributed by atoms with E-state index in [0.29, 0.717) is 24.0 Å². The van der Waals surface area contributed by atoms with E-state index in [9.17, 15) is 4.79 Å². The maximum Gasteiger partial charge on any atom is 0.291 e. The van der Waals surface area contributed by atoms with Crippen LogP contribution in [-0.4, -0.2) is 40.9 Å². The van der Waals surface area contributed by atoms with E-state index in [1.54, 1.807) is 23.9 Å². The van der Waals surface area contributed by atoms with Gasteiger partial charge in [0, 0.05) is 24.2 Å². The summed E-state index contributed by atoms with van der Waals surface area (Å²) in [4.78, 5) is 16.8. The molecular weight excluding hydrogens is 352 g/mol. The number of methoxy groups -OCH3 is 1. The van der Waals surface area contributed by atoms with Crippen LogP contribution in [0.4, 0.5) is 0 Å². The minimum absolute atomic E-state index is 0.103. The average molecular weight is 371 g/mol. The predicted molar refractivity (Wildman–Crippen MR) is 101 cm³/mol. The highest BCUT2D eigenvalue weighted by Gasteiger charge is 2.18. The van der Waals surface area contributed by atoms with E-state index in [0.717, 1.165) is 16.8 Å². The van der Waals surface area contributed by atoms with E-state index in [1.807, 2.05) is 43.3 Å². The number of nitrogens with one attached hydrogen (secondary N) is 1. The summed E-state index contributed by atoms with van der Waals surface area (Å²) in [5, 5.41) is 7.78. The number of hydrogen-bond acceptors (Lipinski definition) is 4. The third-order valence-electron chi connectivity index (χ3n) is 3.78. The van der Waals surface area contributed by atoms with E-state index in [4.69, 9.17) is 16.3 Å². The number of benzene rings is 2. The predicted octanol–water partition coefficient (Wildman–Crippen LogP) is 3.27. The smallest absolute Gasteiger partial charge is 0.291 e.